The third kappa shape index (κ3) is 2.76. The fourth-order valence-electron chi connectivity index (χ4n) is 1.18. The number of esters is 1. The highest BCUT2D eigenvalue weighted by Crippen LogP contribution is 2.32. The van der Waals surface area contributed by atoms with Crippen LogP contribution in [0, 0.1) is 0 Å². The van der Waals surface area contributed by atoms with Crippen LogP contribution in [0.1, 0.15) is 12.0 Å². The van der Waals surface area contributed by atoms with Gasteiger partial charge in [-0.25, -0.2) is 0 Å². The van der Waals surface area contributed by atoms with Crippen molar-refractivity contribution < 1.29 is 14.6 Å². The van der Waals surface area contributed by atoms with Gasteiger partial charge in [0.05, 0.1) is 12.8 Å². The molecule has 0 saturated carbocycles. The molecule has 0 aliphatic carbocycles. The summed E-state index contributed by atoms with van der Waals surface area (Å²) in [5.74, 6) is -0.366. The predicted octanol–water partition coefficient (Wildman–Crippen LogP) is 1.73. The molecule has 0 saturated heterocycles. The molecule has 0 fully saturated rings. The number of nitrogens with two attached hydrogens (primary N) is 1. The maximum absolute atomic E-state index is 10.9. The number of rotatable bonds is 3. The zero-order valence-electron chi connectivity index (χ0n) is 8.29. The van der Waals surface area contributed by atoms with Crippen LogP contribution in [-0.4, -0.2) is 18.2 Å². The van der Waals surface area contributed by atoms with E-state index < -0.39 is 0 Å². The standard InChI is InChI=1S/C10H12ClNO3/c1-15-8(14)5-3-6-2-4-7(13)9(11)10(6)12/h2,4,13H,3,5,12H2,1H3. The Hall–Kier alpha value is -1.42. The maximum atomic E-state index is 10.9. The smallest absolute Gasteiger partial charge is 0.305 e. The van der Waals surface area contributed by atoms with Crippen LogP contribution in [0.25, 0.3) is 0 Å². The molecule has 0 spiro atoms. The fourth-order valence-corrected chi connectivity index (χ4v) is 1.36. The number of carbonyl (C=O) groups excluding carboxylic acids is 1. The number of phenolic OH excluding ortho intramolecular Hbond substituents is 1. The third-order valence-corrected chi connectivity index (χ3v) is 2.47. The molecule has 0 aliphatic rings. The van der Waals surface area contributed by atoms with Crippen LogP contribution in [0.5, 0.6) is 5.75 Å². The Morgan fingerprint density at radius 1 is 1.60 bits per heavy atom. The van der Waals surface area contributed by atoms with Gasteiger partial charge in [-0.15, -0.1) is 0 Å². The van der Waals surface area contributed by atoms with Crippen molar-refractivity contribution in [1.29, 1.82) is 0 Å². The highest BCUT2D eigenvalue weighted by molar-refractivity contribution is 6.34. The number of benzene rings is 1. The van der Waals surface area contributed by atoms with Crippen LogP contribution in [0.15, 0.2) is 12.1 Å². The van der Waals surface area contributed by atoms with E-state index in [9.17, 15) is 9.90 Å². The quantitative estimate of drug-likeness (QED) is 0.612. The molecule has 15 heavy (non-hydrogen) atoms. The van der Waals surface area contributed by atoms with Gasteiger partial charge in [0.1, 0.15) is 10.8 Å². The molecule has 5 heteroatoms. The van der Waals surface area contributed by atoms with Crippen molar-refractivity contribution in [2.75, 3.05) is 12.8 Å². The molecule has 0 atom stereocenters. The zero-order valence-corrected chi connectivity index (χ0v) is 9.04. The lowest BCUT2D eigenvalue weighted by Gasteiger charge is -2.07. The fraction of sp³-hybridized carbons (Fsp3) is 0.300. The van der Waals surface area contributed by atoms with Gasteiger partial charge in [0, 0.05) is 6.42 Å². The van der Waals surface area contributed by atoms with Gasteiger partial charge >= 0.3 is 5.97 Å². The Bertz CT molecular complexity index is 379. The van der Waals surface area contributed by atoms with E-state index >= 15 is 0 Å². The first-order valence-electron chi connectivity index (χ1n) is 4.39. The first kappa shape index (κ1) is 11.7. The molecule has 3 N–H and O–H groups in total. The molecule has 0 heterocycles. The molecule has 0 amide bonds. The van der Waals surface area contributed by atoms with Crippen molar-refractivity contribution in [3.63, 3.8) is 0 Å². The highest BCUT2D eigenvalue weighted by Gasteiger charge is 2.09. The van der Waals surface area contributed by atoms with Gasteiger partial charge < -0.3 is 15.6 Å². The Balaban J connectivity index is 2.78. The zero-order chi connectivity index (χ0) is 11.4. The molecule has 82 valence electrons. The highest BCUT2D eigenvalue weighted by atomic mass is 35.5. The number of phenols is 1. The summed E-state index contributed by atoms with van der Waals surface area (Å²) in [6.45, 7) is 0. The molecule has 1 aromatic carbocycles. The number of aromatic hydroxyl groups is 1. The molecular formula is C10H12ClNO3. The van der Waals surface area contributed by atoms with E-state index in [1.165, 1.54) is 13.2 Å². The summed E-state index contributed by atoms with van der Waals surface area (Å²) in [7, 11) is 1.33. The first-order chi connectivity index (χ1) is 7.06. The first-order valence-corrected chi connectivity index (χ1v) is 4.76. The topological polar surface area (TPSA) is 72.5 Å². The molecular weight excluding hydrogens is 218 g/mol. The van der Waals surface area contributed by atoms with Crippen molar-refractivity contribution in [3.8, 4) is 5.75 Å². The van der Waals surface area contributed by atoms with Gasteiger partial charge in [-0.2, -0.15) is 0 Å². The van der Waals surface area contributed by atoms with Gasteiger partial charge in [-0.1, -0.05) is 17.7 Å². The SMILES string of the molecule is COC(=O)CCc1ccc(O)c(Cl)c1N. The number of hydrogen-bond donors (Lipinski definition) is 2. The van der Waals surface area contributed by atoms with Crippen molar-refractivity contribution in [3.05, 3.63) is 22.7 Å². The van der Waals surface area contributed by atoms with E-state index in [2.05, 4.69) is 4.74 Å². The molecule has 0 radical (unpaired) electrons. The summed E-state index contributed by atoms with van der Waals surface area (Å²) in [4.78, 5) is 10.9. The largest absolute Gasteiger partial charge is 0.506 e. The molecule has 1 aromatic rings. The molecule has 0 aliphatic heterocycles. The average Bonchev–Trinajstić information content (AvgIpc) is 2.24. The van der Waals surface area contributed by atoms with Gasteiger partial charge in [-0.05, 0) is 18.1 Å². The van der Waals surface area contributed by atoms with Gasteiger partial charge in [0.15, 0.2) is 0 Å². The number of hydrogen-bond acceptors (Lipinski definition) is 4. The van der Waals surface area contributed by atoms with E-state index in [1.807, 2.05) is 0 Å². The third-order valence-electron chi connectivity index (χ3n) is 2.08. The van der Waals surface area contributed by atoms with Crippen molar-refractivity contribution >= 4 is 23.3 Å². The minimum absolute atomic E-state index is 0.0593. The van der Waals surface area contributed by atoms with E-state index in [0.717, 1.165) is 5.56 Å². The normalized spacial score (nSPS) is 10.0. The second kappa shape index (κ2) is 4.89. The van der Waals surface area contributed by atoms with E-state index in [4.69, 9.17) is 17.3 Å². The van der Waals surface area contributed by atoms with Crippen LogP contribution < -0.4 is 5.73 Å². The van der Waals surface area contributed by atoms with Crippen LogP contribution in [0.4, 0.5) is 5.69 Å². The minimum atomic E-state index is -0.307. The Labute approximate surface area is 92.6 Å². The summed E-state index contributed by atoms with van der Waals surface area (Å²) in [6.07, 6.45) is 0.681. The lowest BCUT2D eigenvalue weighted by atomic mass is 10.1. The number of aryl methyl sites for hydroxylation is 1. The van der Waals surface area contributed by atoms with Crippen LogP contribution in [0.3, 0.4) is 0 Å². The van der Waals surface area contributed by atoms with E-state index in [-0.39, 0.29) is 23.2 Å². The second-order valence-electron chi connectivity index (χ2n) is 3.05. The predicted molar refractivity (Wildman–Crippen MR) is 57.9 cm³/mol. The van der Waals surface area contributed by atoms with Crippen molar-refractivity contribution in [2.24, 2.45) is 0 Å². The number of ether oxygens (including phenoxy) is 1. The number of anilines is 1. The lowest BCUT2D eigenvalue weighted by molar-refractivity contribution is -0.140. The molecule has 0 bridgehead atoms. The van der Waals surface area contributed by atoms with Crippen LogP contribution in [-0.2, 0) is 16.0 Å². The Kier molecular flexibility index (Phi) is 3.80. The van der Waals surface area contributed by atoms with Crippen molar-refractivity contribution in [1.82, 2.24) is 0 Å². The summed E-state index contributed by atoms with van der Waals surface area (Å²) < 4.78 is 4.50. The van der Waals surface area contributed by atoms with Crippen LogP contribution >= 0.6 is 11.6 Å². The average molecular weight is 230 g/mol. The number of methoxy groups -OCH3 is 1. The molecule has 0 unspecified atom stereocenters. The van der Waals surface area contributed by atoms with Crippen molar-refractivity contribution in [2.45, 2.75) is 12.8 Å². The molecule has 1 rings (SSSR count). The van der Waals surface area contributed by atoms with E-state index in [0.29, 0.717) is 12.1 Å². The number of halogens is 1. The summed E-state index contributed by atoms with van der Waals surface area (Å²) in [5, 5.41) is 9.37. The monoisotopic (exact) mass is 229 g/mol. The Morgan fingerprint density at radius 2 is 2.27 bits per heavy atom. The van der Waals surface area contributed by atoms with Crippen LogP contribution in [0.2, 0.25) is 5.02 Å². The second-order valence-corrected chi connectivity index (χ2v) is 3.43. The Morgan fingerprint density at radius 3 is 2.87 bits per heavy atom. The van der Waals surface area contributed by atoms with Gasteiger partial charge in [-0.3, -0.25) is 4.79 Å². The lowest BCUT2D eigenvalue weighted by Crippen LogP contribution is -2.03. The number of nitrogen functional groups attached to an aromatic ring is 1. The maximum Gasteiger partial charge on any atom is 0.305 e. The van der Waals surface area contributed by atoms with Gasteiger partial charge in [0.25, 0.3) is 0 Å². The van der Waals surface area contributed by atoms with E-state index in [1.54, 1.807) is 6.07 Å². The summed E-state index contributed by atoms with van der Waals surface area (Å²) in [6, 6.07) is 3.09. The summed E-state index contributed by atoms with van der Waals surface area (Å²) >= 11 is 5.74. The minimum Gasteiger partial charge on any atom is -0.506 e. The van der Waals surface area contributed by atoms with Gasteiger partial charge in [0.2, 0.25) is 0 Å². The molecule has 0 aromatic heterocycles. The molecule has 4 nitrogen and oxygen atoms in total. The summed E-state index contributed by atoms with van der Waals surface area (Å²) in [5.41, 5.74) is 6.70. The number of carbonyl (C=O) groups is 1.